The Bertz CT molecular complexity index is 2380. The van der Waals surface area contributed by atoms with E-state index in [9.17, 15) is 69.9 Å². The number of benzene rings is 4. The lowest BCUT2D eigenvalue weighted by atomic mass is 9.79. The highest BCUT2D eigenvalue weighted by atomic mass is 16.6. The summed E-state index contributed by atoms with van der Waals surface area (Å²) in [5.74, 6) is -10.5. The van der Waals surface area contributed by atoms with Gasteiger partial charge in [0.15, 0.2) is 52.1 Å². The number of hydrogen-bond acceptors (Lipinski definition) is 17. The summed E-state index contributed by atoms with van der Waals surface area (Å²) in [6, 6.07) is 14.3. The highest BCUT2D eigenvalue weighted by Gasteiger charge is 2.57. The maximum Gasteiger partial charge on any atom is 0.348 e. The minimum absolute atomic E-state index is 0.184. The first-order chi connectivity index (χ1) is 28.9. The van der Waals surface area contributed by atoms with Gasteiger partial charge in [-0.2, -0.15) is 0 Å². The summed E-state index contributed by atoms with van der Waals surface area (Å²) in [6.45, 7) is 0. The van der Waals surface area contributed by atoms with E-state index >= 15 is 0 Å². The topological polar surface area (TPSA) is 304 Å². The highest BCUT2D eigenvalue weighted by Crippen LogP contribution is 2.39. The second-order valence-electron chi connectivity index (χ2n) is 13.3. The molecule has 316 valence electrons. The van der Waals surface area contributed by atoms with Crippen molar-refractivity contribution in [3.8, 4) is 46.0 Å². The molecule has 1 saturated carbocycles. The van der Waals surface area contributed by atoms with Crippen LogP contribution in [0.15, 0.2) is 97.1 Å². The van der Waals surface area contributed by atoms with E-state index < -0.39 is 113 Å². The van der Waals surface area contributed by atoms with Crippen LogP contribution >= 0.6 is 0 Å². The number of esters is 4. The van der Waals surface area contributed by atoms with Crippen molar-refractivity contribution in [3.63, 3.8) is 0 Å². The summed E-state index contributed by atoms with van der Waals surface area (Å²) < 4.78 is 22.3. The van der Waals surface area contributed by atoms with Crippen molar-refractivity contribution in [2.75, 3.05) is 0 Å². The first kappa shape index (κ1) is 43.7. The lowest BCUT2D eigenvalue weighted by Crippen LogP contribution is -2.60. The molecule has 0 aliphatic heterocycles. The summed E-state index contributed by atoms with van der Waals surface area (Å²) in [4.78, 5) is 66.3. The molecule has 18 nitrogen and oxygen atoms in total. The summed E-state index contributed by atoms with van der Waals surface area (Å²) in [6.07, 6.45) is 0.634. The van der Waals surface area contributed by atoms with Crippen LogP contribution in [0.2, 0.25) is 0 Å². The average molecular weight is 841 g/mol. The minimum Gasteiger partial charge on any atom is -0.504 e. The summed E-state index contributed by atoms with van der Waals surface area (Å²) in [5.41, 5.74) is -1.86. The van der Waals surface area contributed by atoms with Crippen LogP contribution in [-0.4, -0.2) is 99.7 Å². The van der Waals surface area contributed by atoms with Crippen molar-refractivity contribution in [3.05, 3.63) is 119 Å². The number of phenols is 8. The number of phenolic OH excluding ortho intramolecular Hbond substituents is 8. The molecular weight excluding hydrogens is 804 g/mol. The molecule has 0 bridgehead atoms. The highest BCUT2D eigenvalue weighted by molar-refractivity contribution is 5.92. The van der Waals surface area contributed by atoms with Gasteiger partial charge in [-0.05, 0) is 95.1 Å². The van der Waals surface area contributed by atoms with Crippen molar-refractivity contribution in [1.29, 1.82) is 0 Å². The number of carboxylic acids is 1. The third kappa shape index (κ3) is 11.6. The number of carboxylic acid groups (broad SMARTS) is 1. The van der Waals surface area contributed by atoms with E-state index in [4.69, 9.17) is 18.9 Å². The number of ether oxygens (including phenoxy) is 4. The predicted molar refractivity (Wildman–Crippen MR) is 211 cm³/mol. The van der Waals surface area contributed by atoms with Gasteiger partial charge in [-0.3, -0.25) is 0 Å². The smallest absolute Gasteiger partial charge is 0.348 e. The SMILES string of the molecule is O=C(/C=C\c1ccc(O)c(O)c1)OC1[C@@H](OC(=O)/C=C\c2ccc(O)c(O)c2)CC(OC(=O)/C=C\c2ccc(O)c(O)c2)(C(=O)O)C[C@H]1OC(=O)/C=C\c1ccc(O)c(O)c1. The van der Waals surface area contributed by atoms with Crippen molar-refractivity contribution < 1.29 is 88.9 Å². The van der Waals surface area contributed by atoms with E-state index in [-0.39, 0.29) is 22.3 Å². The zero-order chi connectivity index (χ0) is 44.4. The van der Waals surface area contributed by atoms with E-state index in [1.165, 1.54) is 30.3 Å². The largest absolute Gasteiger partial charge is 0.504 e. The van der Waals surface area contributed by atoms with Crippen LogP contribution in [-0.2, 0) is 42.9 Å². The Balaban J connectivity index is 1.52. The van der Waals surface area contributed by atoms with Crippen LogP contribution in [0.4, 0.5) is 0 Å². The Morgan fingerprint density at radius 1 is 0.443 bits per heavy atom. The molecule has 4 aromatic rings. The number of carbonyl (C=O) groups is 5. The number of carbonyl (C=O) groups excluding carboxylic acids is 4. The second kappa shape index (κ2) is 18.9. The van der Waals surface area contributed by atoms with Crippen LogP contribution < -0.4 is 0 Å². The van der Waals surface area contributed by atoms with Gasteiger partial charge in [0.05, 0.1) is 0 Å². The molecule has 61 heavy (non-hydrogen) atoms. The lowest BCUT2D eigenvalue weighted by Gasteiger charge is -2.43. The number of aliphatic carboxylic acids is 1. The van der Waals surface area contributed by atoms with E-state index in [0.717, 1.165) is 91.1 Å². The van der Waals surface area contributed by atoms with Gasteiger partial charge < -0.3 is 64.9 Å². The second-order valence-corrected chi connectivity index (χ2v) is 13.3. The molecule has 2 unspecified atom stereocenters. The van der Waals surface area contributed by atoms with Gasteiger partial charge in [-0.15, -0.1) is 0 Å². The molecule has 0 aromatic heterocycles. The first-order valence-electron chi connectivity index (χ1n) is 17.8. The quantitative estimate of drug-likeness (QED) is 0.0390. The van der Waals surface area contributed by atoms with E-state index in [1.807, 2.05) is 0 Å². The molecule has 1 aliphatic carbocycles. The number of hydrogen-bond donors (Lipinski definition) is 9. The molecule has 0 heterocycles. The molecule has 1 aliphatic rings. The fourth-order valence-corrected chi connectivity index (χ4v) is 5.89. The van der Waals surface area contributed by atoms with Crippen molar-refractivity contribution in [2.24, 2.45) is 0 Å². The van der Waals surface area contributed by atoms with Gasteiger partial charge in [0, 0.05) is 37.1 Å². The molecule has 1 fully saturated rings. The molecular formula is C43H36O18. The van der Waals surface area contributed by atoms with Crippen molar-refractivity contribution in [2.45, 2.75) is 36.8 Å². The zero-order valence-electron chi connectivity index (χ0n) is 31.4. The monoisotopic (exact) mass is 840 g/mol. The van der Waals surface area contributed by atoms with Crippen LogP contribution in [0.3, 0.4) is 0 Å². The van der Waals surface area contributed by atoms with Gasteiger partial charge >= 0.3 is 29.8 Å². The molecule has 0 radical (unpaired) electrons. The molecule has 0 spiro atoms. The zero-order valence-corrected chi connectivity index (χ0v) is 31.4. The van der Waals surface area contributed by atoms with Gasteiger partial charge in [-0.25, -0.2) is 24.0 Å². The third-order valence-electron chi connectivity index (χ3n) is 8.91. The van der Waals surface area contributed by atoms with Crippen LogP contribution in [0.1, 0.15) is 35.1 Å². The minimum atomic E-state index is -2.66. The molecule has 5 rings (SSSR count). The standard InChI is InChI=1S/C43H36O18/c44-27-9-1-23(17-31(27)48)5-13-37(52)58-35-21-43(42(56)57,61-40(55)16-8-26-4-12-30(47)34(51)20-26)22-36(59-38(53)14-6-24-2-10-28(45)32(49)18-24)41(35)60-39(54)15-7-25-3-11-29(46)33(50)19-25/h1-20,35-36,41,44-51H,21-22H2,(H,56,57)/b13-5-,14-6-,15-7-,16-8-/t35-,36+,41?,43?. The maximum atomic E-state index is 13.3. The van der Waals surface area contributed by atoms with Gasteiger partial charge in [0.2, 0.25) is 5.60 Å². The lowest BCUT2D eigenvalue weighted by molar-refractivity contribution is -0.217. The normalized spacial score (nSPS) is 18.9. The molecule has 4 aromatic carbocycles. The summed E-state index contributed by atoms with van der Waals surface area (Å²) in [5, 5.41) is 88.5. The Labute approximate surface area is 344 Å². The molecule has 4 atom stereocenters. The fourth-order valence-electron chi connectivity index (χ4n) is 5.89. The van der Waals surface area contributed by atoms with E-state index in [0.29, 0.717) is 0 Å². The molecule has 9 N–H and O–H groups in total. The van der Waals surface area contributed by atoms with Gasteiger partial charge in [0.1, 0.15) is 12.2 Å². The summed E-state index contributed by atoms with van der Waals surface area (Å²) in [7, 11) is 0. The van der Waals surface area contributed by atoms with E-state index in [2.05, 4.69) is 0 Å². The van der Waals surface area contributed by atoms with Crippen molar-refractivity contribution in [1.82, 2.24) is 0 Å². The average Bonchev–Trinajstić information content (AvgIpc) is 3.20. The molecule has 18 heteroatoms. The molecule has 0 amide bonds. The number of rotatable bonds is 13. The van der Waals surface area contributed by atoms with Gasteiger partial charge in [0.25, 0.3) is 0 Å². The van der Waals surface area contributed by atoms with Crippen LogP contribution in [0.5, 0.6) is 46.0 Å². The fraction of sp³-hybridized carbons (Fsp3) is 0.140. The maximum absolute atomic E-state index is 13.3. The van der Waals surface area contributed by atoms with Gasteiger partial charge in [-0.1, -0.05) is 24.3 Å². The summed E-state index contributed by atoms with van der Waals surface area (Å²) >= 11 is 0. The predicted octanol–water partition coefficient (Wildman–Crippen LogP) is 4.38. The van der Waals surface area contributed by atoms with Crippen molar-refractivity contribution >= 4 is 54.2 Å². The Hall–Kier alpha value is -8.41. The Morgan fingerprint density at radius 3 is 1.03 bits per heavy atom. The Morgan fingerprint density at radius 2 is 0.738 bits per heavy atom. The molecule has 0 saturated heterocycles. The Kier molecular flexibility index (Phi) is 13.5. The number of aromatic hydroxyl groups is 8. The van der Waals surface area contributed by atoms with Crippen LogP contribution in [0.25, 0.3) is 24.3 Å². The van der Waals surface area contributed by atoms with E-state index in [1.54, 1.807) is 0 Å². The third-order valence-corrected chi connectivity index (χ3v) is 8.91. The first-order valence-corrected chi connectivity index (χ1v) is 17.8. The van der Waals surface area contributed by atoms with Crippen LogP contribution in [0, 0.1) is 0 Å².